The van der Waals surface area contributed by atoms with E-state index in [1.54, 1.807) is 0 Å². The fourth-order valence-electron chi connectivity index (χ4n) is 2.18. The average molecular weight is 232 g/mol. The predicted molar refractivity (Wildman–Crippen MR) is 76.9 cm³/mol. The molecule has 1 radical (unpaired) electrons. The van der Waals surface area contributed by atoms with Crippen molar-refractivity contribution in [3.05, 3.63) is 36.4 Å². The Balaban J connectivity index is 2.15. The van der Waals surface area contributed by atoms with E-state index in [1.807, 2.05) is 6.07 Å². The molecule has 17 heavy (non-hydrogen) atoms. The maximum atomic E-state index is 3.46. The third kappa shape index (κ3) is 6.35. The Morgan fingerprint density at radius 3 is 2.53 bits per heavy atom. The second-order valence-corrected chi connectivity index (χ2v) is 5.06. The van der Waals surface area contributed by atoms with E-state index in [0.29, 0.717) is 0 Å². The molecular formula is C16H26N. The summed E-state index contributed by atoms with van der Waals surface area (Å²) in [5.41, 5.74) is 1.20. The second kappa shape index (κ2) is 8.16. The molecule has 1 unspecified atom stereocenters. The lowest BCUT2D eigenvalue weighted by molar-refractivity contribution is 0.464. The van der Waals surface area contributed by atoms with Gasteiger partial charge in [0.15, 0.2) is 0 Å². The van der Waals surface area contributed by atoms with Crippen LogP contribution in [0.25, 0.3) is 0 Å². The monoisotopic (exact) mass is 232 g/mol. The molecule has 0 aliphatic carbocycles. The summed E-state index contributed by atoms with van der Waals surface area (Å²) in [5, 5.41) is 3.46. The van der Waals surface area contributed by atoms with Gasteiger partial charge in [-0.1, -0.05) is 57.7 Å². The standard InChI is InChI=1S/C16H26N/c1-4-9-14(2)10-8-11-15(3)17-16-12-6-5-7-13-16/h5-7,12-14,17H,4,8-11H2,1-3H3. The Labute approximate surface area is 107 Å². The van der Waals surface area contributed by atoms with E-state index in [9.17, 15) is 0 Å². The average Bonchev–Trinajstić information content (AvgIpc) is 2.30. The molecule has 0 spiro atoms. The smallest absolute Gasteiger partial charge is 0.0572 e. The number of nitrogens with one attached hydrogen (secondary N) is 1. The van der Waals surface area contributed by atoms with Crippen molar-refractivity contribution >= 4 is 5.69 Å². The fraction of sp³-hybridized carbons (Fsp3) is 0.562. The van der Waals surface area contributed by atoms with Crippen molar-refractivity contribution in [2.24, 2.45) is 5.92 Å². The summed E-state index contributed by atoms with van der Waals surface area (Å²) in [6.07, 6.45) is 6.51. The highest BCUT2D eigenvalue weighted by Gasteiger charge is 2.05. The third-order valence-corrected chi connectivity index (χ3v) is 3.16. The lowest BCUT2D eigenvalue weighted by Crippen LogP contribution is -2.06. The van der Waals surface area contributed by atoms with Gasteiger partial charge >= 0.3 is 0 Å². The summed E-state index contributed by atoms with van der Waals surface area (Å²) < 4.78 is 0. The molecule has 0 amide bonds. The van der Waals surface area contributed by atoms with Gasteiger partial charge in [-0.2, -0.15) is 0 Å². The number of para-hydroxylation sites is 1. The van der Waals surface area contributed by atoms with Crippen molar-refractivity contribution in [1.29, 1.82) is 0 Å². The van der Waals surface area contributed by atoms with Gasteiger partial charge in [0, 0.05) is 5.69 Å². The fourth-order valence-corrected chi connectivity index (χ4v) is 2.18. The molecule has 1 rings (SSSR count). The Morgan fingerprint density at radius 2 is 1.88 bits per heavy atom. The highest BCUT2D eigenvalue weighted by atomic mass is 14.9. The molecule has 0 saturated carbocycles. The molecule has 0 aliphatic heterocycles. The van der Waals surface area contributed by atoms with Gasteiger partial charge in [0.2, 0.25) is 0 Å². The Hall–Kier alpha value is -0.980. The van der Waals surface area contributed by atoms with Crippen molar-refractivity contribution in [1.82, 2.24) is 0 Å². The van der Waals surface area contributed by atoms with E-state index in [1.165, 1.54) is 43.8 Å². The first-order valence-electron chi connectivity index (χ1n) is 6.87. The van der Waals surface area contributed by atoms with E-state index in [2.05, 4.69) is 50.4 Å². The van der Waals surface area contributed by atoms with Crippen molar-refractivity contribution in [2.45, 2.75) is 52.9 Å². The normalized spacial score (nSPS) is 12.7. The number of hydrogen-bond acceptors (Lipinski definition) is 1. The zero-order valence-corrected chi connectivity index (χ0v) is 11.5. The summed E-state index contributed by atoms with van der Waals surface area (Å²) in [6.45, 7) is 6.83. The van der Waals surface area contributed by atoms with Crippen molar-refractivity contribution in [3.63, 3.8) is 0 Å². The minimum absolute atomic E-state index is 0.879. The SMILES string of the molecule is CCCC(C)CCC[C](C)Nc1ccccc1. The van der Waals surface area contributed by atoms with Crippen LogP contribution in [0.15, 0.2) is 30.3 Å². The zero-order chi connectivity index (χ0) is 12.5. The molecular weight excluding hydrogens is 206 g/mol. The largest absolute Gasteiger partial charge is 0.378 e. The molecule has 95 valence electrons. The maximum Gasteiger partial charge on any atom is 0.0572 e. The van der Waals surface area contributed by atoms with Gasteiger partial charge < -0.3 is 5.32 Å². The van der Waals surface area contributed by atoms with Crippen LogP contribution in [0, 0.1) is 12.0 Å². The van der Waals surface area contributed by atoms with Crippen LogP contribution in [0.1, 0.15) is 52.9 Å². The molecule has 1 aromatic carbocycles. The quantitative estimate of drug-likeness (QED) is 0.645. The minimum atomic E-state index is 0.879. The van der Waals surface area contributed by atoms with Gasteiger partial charge in [-0.25, -0.2) is 0 Å². The van der Waals surface area contributed by atoms with Crippen LogP contribution in [-0.2, 0) is 0 Å². The molecule has 1 nitrogen and oxygen atoms in total. The van der Waals surface area contributed by atoms with Crippen LogP contribution in [0.5, 0.6) is 0 Å². The van der Waals surface area contributed by atoms with Gasteiger partial charge in [-0.3, -0.25) is 0 Å². The number of hydrogen-bond donors (Lipinski definition) is 1. The first-order chi connectivity index (χ1) is 8.22. The van der Waals surface area contributed by atoms with E-state index < -0.39 is 0 Å². The Morgan fingerprint density at radius 1 is 1.18 bits per heavy atom. The van der Waals surface area contributed by atoms with Crippen LogP contribution in [-0.4, -0.2) is 0 Å². The van der Waals surface area contributed by atoms with Crippen LogP contribution in [0.4, 0.5) is 5.69 Å². The number of rotatable bonds is 8. The molecule has 0 fully saturated rings. The van der Waals surface area contributed by atoms with Gasteiger partial charge in [0.1, 0.15) is 0 Å². The molecule has 0 heterocycles. The maximum absolute atomic E-state index is 3.46. The molecule has 1 N–H and O–H groups in total. The molecule has 1 atom stereocenters. The molecule has 1 aromatic rings. The van der Waals surface area contributed by atoms with E-state index >= 15 is 0 Å². The zero-order valence-electron chi connectivity index (χ0n) is 11.5. The predicted octanol–water partition coefficient (Wildman–Crippen LogP) is 5.26. The lowest BCUT2D eigenvalue weighted by Gasteiger charge is -2.15. The molecule has 1 heteroatoms. The molecule has 0 saturated heterocycles. The third-order valence-electron chi connectivity index (χ3n) is 3.16. The first kappa shape index (κ1) is 14.1. The molecule has 0 bridgehead atoms. The van der Waals surface area contributed by atoms with Gasteiger partial charge in [0.25, 0.3) is 0 Å². The molecule has 0 aliphatic rings. The first-order valence-corrected chi connectivity index (χ1v) is 6.87. The summed E-state index contributed by atoms with van der Waals surface area (Å²) >= 11 is 0. The highest BCUT2D eigenvalue weighted by molar-refractivity contribution is 5.45. The minimum Gasteiger partial charge on any atom is -0.378 e. The number of anilines is 1. The Bertz CT molecular complexity index is 281. The topological polar surface area (TPSA) is 12.0 Å². The van der Waals surface area contributed by atoms with Crippen LogP contribution >= 0.6 is 0 Å². The van der Waals surface area contributed by atoms with Gasteiger partial charge in [-0.15, -0.1) is 0 Å². The highest BCUT2D eigenvalue weighted by Crippen LogP contribution is 2.19. The summed E-state index contributed by atoms with van der Waals surface area (Å²) in [6, 6.07) is 11.8. The lowest BCUT2D eigenvalue weighted by atomic mass is 9.98. The number of benzene rings is 1. The molecule has 0 aromatic heterocycles. The summed E-state index contributed by atoms with van der Waals surface area (Å²) in [4.78, 5) is 0. The van der Waals surface area contributed by atoms with Crippen LogP contribution in [0.3, 0.4) is 0 Å². The van der Waals surface area contributed by atoms with Crippen LogP contribution in [0.2, 0.25) is 0 Å². The van der Waals surface area contributed by atoms with Crippen molar-refractivity contribution in [3.8, 4) is 0 Å². The second-order valence-electron chi connectivity index (χ2n) is 5.06. The Kier molecular flexibility index (Phi) is 6.76. The van der Waals surface area contributed by atoms with Crippen LogP contribution < -0.4 is 5.32 Å². The summed E-state index contributed by atoms with van der Waals surface area (Å²) in [7, 11) is 0. The summed E-state index contributed by atoms with van der Waals surface area (Å²) in [5.74, 6) is 0.879. The van der Waals surface area contributed by atoms with Gasteiger partial charge in [-0.05, 0) is 31.4 Å². The van der Waals surface area contributed by atoms with E-state index in [4.69, 9.17) is 0 Å². The van der Waals surface area contributed by atoms with Gasteiger partial charge in [0.05, 0.1) is 6.04 Å². The van der Waals surface area contributed by atoms with Crippen molar-refractivity contribution < 1.29 is 0 Å². The van der Waals surface area contributed by atoms with E-state index in [0.717, 1.165) is 5.92 Å². The van der Waals surface area contributed by atoms with E-state index in [-0.39, 0.29) is 0 Å². The van der Waals surface area contributed by atoms with Crippen molar-refractivity contribution in [2.75, 3.05) is 5.32 Å².